The van der Waals surface area contributed by atoms with Crippen molar-refractivity contribution in [1.82, 2.24) is 10.6 Å². The number of hydrogen-bond acceptors (Lipinski definition) is 8. The van der Waals surface area contributed by atoms with Gasteiger partial charge in [-0.1, -0.05) is 0 Å². The average Bonchev–Trinajstić information content (AvgIpc) is 2.71. The van der Waals surface area contributed by atoms with Gasteiger partial charge in [-0.3, -0.25) is 14.4 Å². The van der Waals surface area contributed by atoms with Gasteiger partial charge < -0.3 is 41.5 Å². The molecular weight excluding hydrogens is 628 g/mol. The molecule has 0 saturated heterocycles. The Balaban J connectivity index is 3.51. The van der Waals surface area contributed by atoms with Crippen LogP contribution in [-0.2, 0) is 4.79 Å². The Morgan fingerprint density at radius 3 is 1.80 bits per heavy atom. The van der Waals surface area contributed by atoms with E-state index in [0.717, 1.165) is 0 Å². The van der Waals surface area contributed by atoms with Crippen molar-refractivity contribution in [3.8, 4) is 0 Å². The second-order valence-corrected chi connectivity index (χ2v) is 8.37. The first kappa shape index (κ1) is 26.9. The summed E-state index contributed by atoms with van der Waals surface area (Å²) in [6.07, 6.45) is -1.35. The molecule has 0 aliphatic heterocycles. The lowest BCUT2D eigenvalue weighted by atomic mass is 10.1. The summed E-state index contributed by atoms with van der Waals surface area (Å²) in [5, 5.41) is 53.5. The normalized spacial score (nSPS) is 12.1. The minimum absolute atomic E-state index is 0.00110. The fourth-order valence-corrected chi connectivity index (χ4v) is 4.38. The zero-order valence-electron chi connectivity index (χ0n) is 15.9. The molecule has 1 aromatic rings. The smallest absolute Gasteiger partial charge is 0.253 e. The topological polar surface area (TPSA) is 188 Å². The van der Waals surface area contributed by atoms with E-state index in [2.05, 4.69) is 16.0 Å². The Bertz CT molecular complexity index is 783. The molecular formula is C17H23I2N3O8. The van der Waals surface area contributed by atoms with Gasteiger partial charge in [-0.2, -0.15) is 0 Å². The van der Waals surface area contributed by atoms with Crippen molar-refractivity contribution in [2.75, 3.05) is 31.7 Å². The van der Waals surface area contributed by atoms with Gasteiger partial charge in [0.15, 0.2) is 0 Å². The number of carbonyl (C=O) groups excluding carboxylic acids is 3. The molecule has 0 saturated carbocycles. The molecule has 168 valence electrons. The molecule has 0 radical (unpaired) electrons. The van der Waals surface area contributed by atoms with Crippen molar-refractivity contribution in [1.29, 1.82) is 0 Å². The summed E-state index contributed by atoms with van der Waals surface area (Å²) in [5.41, 5.74) is 0.0472. The zero-order chi connectivity index (χ0) is 23.0. The summed E-state index contributed by atoms with van der Waals surface area (Å²) in [5.74, 6) is -2.19. The van der Waals surface area contributed by atoms with Crippen molar-refractivity contribution in [2.24, 2.45) is 0 Å². The summed E-state index contributed by atoms with van der Waals surface area (Å²) < 4.78 is 0.460. The number of aliphatic hydroxyl groups excluding tert-OH is 5. The van der Waals surface area contributed by atoms with Crippen molar-refractivity contribution in [2.45, 2.75) is 25.1 Å². The highest BCUT2D eigenvalue weighted by molar-refractivity contribution is 14.1. The molecule has 1 atom stereocenters. The van der Waals surface area contributed by atoms with Crippen LogP contribution < -0.4 is 16.0 Å². The molecule has 1 aromatic carbocycles. The lowest BCUT2D eigenvalue weighted by Crippen LogP contribution is -2.42. The molecule has 0 aliphatic carbocycles. The van der Waals surface area contributed by atoms with E-state index in [1.807, 2.05) is 0 Å². The van der Waals surface area contributed by atoms with Crippen molar-refractivity contribution in [3.63, 3.8) is 0 Å². The van der Waals surface area contributed by atoms with E-state index in [4.69, 9.17) is 0 Å². The maximum absolute atomic E-state index is 12.8. The van der Waals surface area contributed by atoms with E-state index < -0.39 is 62.3 Å². The molecule has 3 amide bonds. The monoisotopic (exact) mass is 651 g/mol. The van der Waals surface area contributed by atoms with Crippen LogP contribution >= 0.6 is 45.2 Å². The van der Waals surface area contributed by atoms with Gasteiger partial charge in [0.25, 0.3) is 17.7 Å². The number of anilines is 1. The van der Waals surface area contributed by atoms with Gasteiger partial charge in [0.1, 0.15) is 6.10 Å². The molecule has 0 fully saturated rings. The Kier molecular flexibility index (Phi) is 11.4. The minimum atomic E-state index is -1.35. The number of carbonyl (C=O) groups is 3. The molecule has 0 heterocycles. The Morgan fingerprint density at radius 1 is 0.900 bits per heavy atom. The number of aliphatic hydroxyl groups is 5. The van der Waals surface area contributed by atoms with Crippen molar-refractivity contribution >= 4 is 68.6 Å². The number of rotatable bonds is 10. The van der Waals surface area contributed by atoms with Crippen LogP contribution in [0.5, 0.6) is 0 Å². The molecule has 1 unspecified atom stereocenters. The van der Waals surface area contributed by atoms with Crippen molar-refractivity contribution in [3.05, 3.63) is 24.3 Å². The number of halogens is 2. The highest BCUT2D eigenvalue weighted by Crippen LogP contribution is 2.30. The lowest BCUT2D eigenvalue weighted by Gasteiger charge is -2.20. The SMILES string of the molecule is CC(O)C(=O)Nc1cc(C(=O)NC(CO)CO)c(I)c(C(=O)NC(CO)CO)c1I. The van der Waals surface area contributed by atoms with Crippen LogP contribution in [0.25, 0.3) is 0 Å². The first-order valence-electron chi connectivity index (χ1n) is 8.67. The van der Waals surface area contributed by atoms with Gasteiger partial charge in [-0.25, -0.2) is 0 Å². The minimum Gasteiger partial charge on any atom is -0.394 e. The first-order chi connectivity index (χ1) is 14.1. The zero-order valence-corrected chi connectivity index (χ0v) is 20.2. The predicted molar refractivity (Wildman–Crippen MR) is 123 cm³/mol. The van der Waals surface area contributed by atoms with Crippen LogP contribution in [-0.4, -0.2) is 87.9 Å². The molecule has 0 spiro atoms. The third-order valence-corrected chi connectivity index (χ3v) is 6.10. The average molecular weight is 651 g/mol. The van der Waals surface area contributed by atoms with Crippen LogP contribution in [0.3, 0.4) is 0 Å². The predicted octanol–water partition coefficient (Wildman–Crippen LogP) is -1.62. The summed E-state index contributed by atoms with van der Waals surface area (Å²) in [7, 11) is 0. The summed E-state index contributed by atoms with van der Waals surface area (Å²) in [4.78, 5) is 37.4. The molecule has 8 N–H and O–H groups in total. The summed E-state index contributed by atoms with van der Waals surface area (Å²) in [6.45, 7) is -0.824. The Morgan fingerprint density at radius 2 is 1.37 bits per heavy atom. The highest BCUT2D eigenvalue weighted by atomic mass is 127. The van der Waals surface area contributed by atoms with Gasteiger partial charge in [0, 0.05) is 3.57 Å². The fourth-order valence-electron chi connectivity index (χ4n) is 2.15. The van der Waals surface area contributed by atoms with Crippen LogP contribution in [0.2, 0.25) is 0 Å². The molecule has 11 nitrogen and oxygen atoms in total. The molecule has 0 bridgehead atoms. The van der Waals surface area contributed by atoms with E-state index in [-0.39, 0.29) is 24.0 Å². The van der Waals surface area contributed by atoms with Crippen LogP contribution in [0.1, 0.15) is 27.6 Å². The van der Waals surface area contributed by atoms with Gasteiger partial charge in [-0.15, -0.1) is 0 Å². The van der Waals surface area contributed by atoms with E-state index >= 15 is 0 Å². The lowest BCUT2D eigenvalue weighted by molar-refractivity contribution is -0.123. The standard InChI is InChI=1S/C17H23I2N3O8/c1-7(27)15(28)22-11-2-10(16(29)20-8(3-23)4-24)13(18)12(14(11)19)17(30)21-9(5-25)6-26/h2,7-9,23-27H,3-6H2,1H3,(H,20,29)(H,21,30)(H,22,28). The van der Waals surface area contributed by atoms with E-state index in [9.17, 15) is 39.9 Å². The van der Waals surface area contributed by atoms with Crippen LogP contribution in [0.15, 0.2) is 6.07 Å². The molecule has 0 aliphatic rings. The Labute approximate surface area is 199 Å². The van der Waals surface area contributed by atoms with E-state index in [1.54, 1.807) is 45.2 Å². The van der Waals surface area contributed by atoms with Crippen molar-refractivity contribution < 1.29 is 39.9 Å². The maximum atomic E-state index is 12.8. The van der Waals surface area contributed by atoms with Gasteiger partial charge in [0.2, 0.25) is 0 Å². The van der Waals surface area contributed by atoms with E-state index in [0.29, 0.717) is 0 Å². The van der Waals surface area contributed by atoms with Crippen LogP contribution in [0.4, 0.5) is 5.69 Å². The maximum Gasteiger partial charge on any atom is 0.253 e. The number of amides is 3. The van der Waals surface area contributed by atoms with Crippen LogP contribution in [0, 0.1) is 7.14 Å². The molecule has 30 heavy (non-hydrogen) atoms. The van der Waals surface area contributed by atoms with Gasteiger partial charge in [-0.05, 0) is 58.2 Å². The van der Waals surface area contributed by atoms with Gasteiger partial charge in [0.05, 0.1) is 58.9 Å². The number of nitrogens with one attached hydrogen (secondary N) is 3. The number of benzene rings is 1. The second kappa shape index (κ2) is 12.7. The third-order valence-electron chi connectivity index (χ3n) is 3.86. The molecule has 1 rings (SSSR count). The Hall–Kier alpha value is -1.11. The van der Waals surface area contributed by atoms with Gasteiger partial charge >= 0.3 is 0 Å². The largest absolute Gasteiger partial charge is 0.394 e. The summed E-state index contributed by atoms with van der Waals surface area (Å²) >= 11 is 3.56. The quantitative estimate of drug-likeness (QED) is 0.139. The van der Waals surface area contributed by atoms with E-state index in [1.165, 1.54) is 13.0 Å². The molecule has 13 heteroatoms. The second-order valence-electron chi connectivity index (χ2n) is 6.21. The third kappa shape index (κ3) is 6.96. The molecule has 0 aromatic heterocycles. The fraction of sp³-hybridized carbons (Fsp3) is 0.471. The number of hydrogen-bond donors (Lipinski definition) is 8. The summed E-state index contributed by atoms with van der Waals surface area (Å²) in [6, 6.07) is -0.573. The first-order valence-corrected chi connectivity index (χ1v) is 10.8. The highest BCUT2D eigenvalue weighted by Gasteiger charge is 2.27.